The molecule has 120 valence electrons. The van der Waals surface area contributed by atoms with E-state index in [0.29, 0.717) is 6.54 Å². The van der Waals surface area contributed by atoms with Gasteiger partial charge >= 0.3 is 12.4 Å². The van der Waals surface area contributed by atoms with Gasteiger partial charge in [0.2, 0.25) is 0 Å². The van der Waals surface area contributed by atoms with Crippen molar-refractivity contribution < 1.29 is 26.3 Å². The van der Waals surface area contributed by atoms with Crippen molar-refractivity contribution in [3.8, 4) is 0 Å². The van der Waals surface area contributed by atoms with Gasteiger partial charge in [-0.25, -0.2) is 4.98 Å². The molecule has 3 nitrogen and oxygen atoms in total. The average Bonchev–Trinajstić information content (AvgIpc) is 2.33. The molecule has 0 spiro atoms. The summed E-state index contributed by atoms with van der Waals surface area (Å²) in [4.78, 5) is 3.87. The van der Waals surface area contributed by atoms with Crippen LogP contribution >= 0.6 is 0 Å². The van der Waals surface area contributed by atoms with Gasteiger partial charge in [0.05, 0.1) is 5.56 Å². The lowest BCUT2D eigenvalue weighted by Crippen LogP contribution is -2.13. The molecule has 0 amide bonds. The van der Waals surface area contributed by atoms with Crippen LogP contribution in [0.4, 0.5) is 38.0 Å². The van der Waals surface area contributed by atoms with Gasteiger partial charge in [-0.2, -0.15) is 26.3 Å². The Bertz CT molecular complexity index is 455. The van der Waals surface area contributed by atoms with E-state index in [-0.39, 0.29) is 24.6 Å². The van der Waals surface area contributed by atoms with Gasteiger partial charge in [0.15, 0.2) is 0 Å². The molecule has 1 rings (SSSR count). The molecule has 0 radical (unpaired) electrons. The lowest BCUT2D eigenvalue weighted by atomic mass is 10.2. The number of hydrogen-bond acceptors (Lipinski definition) is 3. The van der Waals surface area contributed by atoms with E-state index >= 15 is 0 Å². The van der Waals surface area contributed by atoms with Gasteiger partial charge in [-0.15, -0.1) is 0 Å². The van der Waals surface area contributed by atoms with Crippen molar-refractivity contribution >= 4 is 11.6 Å². The fourth-order valence-electron chi connectivity index (χ4n) is 1.56. The van der Waals surface area contributed by atoms with E-state index in [0.717, 1.165) is 12.1 Å². The van der Waals surface area contributed by atoms with Crippen LogP contribution in [0.15, 0.2) is 12.1 Å². The number of nitrogens with one attached hydrogen (secondary N) is 2. The first-order valence-electron chi connectivity index (χ1n) is 6.25. The molecule has 21 heavy (non-hydrogen) atoms. The van der Waals surface area contributed by atoms with E-state index in [2.05, 4.69) is 15.6 Å². The van der Waals surface area contributed by atoms with Crippen LogP contribution in [0.5, 0.6) is 0 Å². The predicted octanol–water partition coefficient (Wildman–Crippen LogP) is 4.29. The number of alkyl halides is 6. The summed E-state index contributed by atoms with van der Waals surface area (Å²) in [7, 11) is 0. The Morgan fingerprint density at radius 2 is 1.57 bits per heavy atom. The molecular formula is C12H15F6N3. The Balaban J connectivity index is 2.74. The minimum Gasteiger partial charge on any atom is -0.370 e. The topological polar surface area (TPSA) is 37.0 Å². The highest BCUT2D eigenvalue weighted by atomic mass is 19.4. The highest BCUT2D eigenvalue weighted by Crippen LogP contribution is 2.32. The lowest BCUT2D eigenvalue weighted by Gasteiger charge is -2.13. The molecule has 0 saturated carbocycles. The quantitative estimate of drug-likeness (QED) is 0.607. The fourth-order valence-corrected chi connectivity index (χ4v) is 1.56. The van der Waals surface area contributed by atoms with Crippen LogP contribution in [0, 0.1) is 0 Å². The van der Waals surface area contributed by atoms with Crippen molar-refractivity contribution in [1.82, 2.24) is 4.98 Å². The number of aromatic nitrogens is 1. The molecule has 0 bridgehead atoms. The number of pyridine rings is 1. The van der Waals surface area contributed by atoms with Crippen molar-refractivity contribution in [3.63, 3.8) is 0 Å². The molecule has 1 aromatic rings. The van der Waals surface area contributed by atoms with Gasteiger partial charge in [-0.3, -0.25) is 0 Å². The summed E-state index contributed by atoms with van der Waals surface area (Å²) in [5.41, 5.74) is -0.910. The molecule has 0 unspecified atom stereocenters. The summed E-state index contributed by atoms with van der Waals surface area (Å²) >= 11 is 0. The van der Waals surface area contributed by atoms with E-state index in [1.165, 1.54) is 0 Å². The Morgan fingerprint density at radius 1 is 1.00 bits per heavy atom. The molecule has 0 aliphatic carbocycles. The van der Waals surface area contributed by atoms with Crippen LogP contribution in [0.1, 0.15) is 25.3 Å². The van der Waals surface area contributed by atoms with Gasteiger partial charge in [-0.05, 0) is 25.5 Å². The summed E-state index contributed by atoms with van der Waals surface area (Å²) < 4.78 is 74.0. The van der Waals surface area contributed by atoms with Crippen LogP contribution < -0.4 is 10.6 Å². The van der Waals surface area contributed by atoms with Gasteiger partial charge < -0.3 is 10.6 Å². The minimum absolute atomic E-state index is 0.0191. The van der Waals surface area contributed by atoms with Crippen LogP contribution in [-0.4, -0.2) is 24.2 Å². The molecule has 1 aromatic heterocycles. The van der Waals surface area contributed by atoms with E-state index in [4.69, 9.17) is 0 Å². The molecule has 2 N–H and O–H groups in total. The number of halogens is 6. The number of anilines is 2. The summed E-state index contributed by atoms with van der Waals surface area (Å²) in [6.07, 6.45) is -10.1. The molecule has 0 aromatic carbocycles. The van der Waals surface area contributed by atoms with Crippen molar-refractivity contribution in [1.29, 1.82) is 0 Å². The zero-order valence-corrected chi connectivity index (χ0v) is 11.2. The van der Waals surface area contributed by atoms with Crippen LogP contribution in [-0.2, 0) is 6.18 Å². The van der Waals surface area contributed by atoms with Crippen molar-refractivity contribution in [2.75, 3.05) is 23.7 Å². The third kappa shape index (κ3) is 6.54. The maximum Gasteiger partial charge on any atom is 0.416 e. The molecule has 0 saturated heterocycles. The van der Waals surface area contributed by atoms with E-state index in [1.54, 1.807) is 6.92 Å². The molecule has 9 heteroatoms. The Labute approximate surface area is 117 Å². The van der Waals surface area contributed by atoms with Crippen molar-refractivity contribution in [3.05, 3.63) is 17.7 Å². The van der Waals surface area contributed by atoms with E-state index in [1.807, 2.05) is 0 Å². The second kappa shape index (κ2) is 6.86. The number of nitrogens with zero attached hydrogens (tertiary/aromatic N) is 1. The molecular weight excluding hydrogens is 300 g/mol. The lowest BCUT2D eigenvalue weighted by molar-refractivity contribution is -0.137. The normalized spacial score (nSPS) is 12.3. The molecule has 1 heterocycles. The second-order valence-electron chi connectivity index (χ2n) is 4.30. The first kappa shape index (κ1) is 17.4. The highest BCUT2D eigenvalue weighted by molar-refractivity contribution is 5.49. The number of rotatable bonds is 6. The summed E-state index contributed by atoms with van der Waals surface area (Å²) in [5.74, 6) is -0.0893. The number of hydrogen-bond donors (Lipinski definition) is 2. The second-order valence-corrected chi connectivity index (χ2v) is 4.30. The molecule has 0 aliphatic heterocycles. The monoisotopic (exact) mass is 315 g/mol. The summed E-state index contributed by atoms with van der Waals surface area (Å²) in [6, 6.07) is 1.62. The molecule has 0 atom stereocenters. The van der Waals surface area contributed by atoms with Crippen LogP contribution in [0.25, 0.3) is 0 Å². The smallest absolute Gasteiger partial charge is 0.370 e. The Hall–Kier alpha value is -1.67. The first-order chi connectivity index (χ1) is 9.62. The highest BCUT2D eigenvalue weighted by Gasteiger charge is 2.31. The van der Waals surface area contributed by atoms with Gasteiger partial charge in [0.25, 0.3) is 0 Å². The van der Waals surface area contributed by atoms with Crippen molar-refractivity contribution in [2.24, 2.45) is 0 Å². The third-order valence-electron chi connectivity index (χ3n) is 2.45. The largest absolute Gasteiger partial charge is 0.416 e. The Kier molecular flexibility index (Phi) is 5.68. The van der Waals surface area contributed by atoms with Crippen LogP contribution in [0.3, 0.4) is 0 Å². The van der Waals surface area contributed by atoms with Gasteiger partial charge in [0, 0.05) is 19.5 Å². The predicted molar refractivity (Wildman–Crippen MR) is 67.2 cm³/mol. The first-order valence-corrected chi connectivity index (χ1v) is 6.25. The van der Waals surface area contributed by atoms with Crippen LogP contribution in [0.2, 0.25) is 0 Å². The molecule has 0 fully saturated rings. The zero-order chi connectivity index (χ0) is 16.1. The minimum atomic E-state index is -4.55. The standard InChI is InChI=1S/C12H15F6N3/c1-2-19-9-6-8(12(16,17)18)7-10(21-9)20-5-3-4-11(13,14)15/h6-7H,2-5H2,1H3,(H2,19,20,21). The van der Waals surface area contributed by atoms with Crippen molar-refractivity contribution in [2.45, 2.75) is 32.1 Å². The maximum atomic E-state index is 12.7. The third-order valence-corrected chi connectivity index (χ3v) is 2.45. The SMILES string of the molecule is CCNc1cc(C(F)(F)F)cc(NCCCC(F)(F)F)n1. The van der Waals surface area contributed by atoms with Gasteiger partial charge in [0.1, 0.15) is 11.6 Å². The van der Waals surface area contributed by atoms with E-state index in [9.17, 15) is 26.3 Å². The molecule has 0 aliphatic rings. The zero-order valence-electron chi connectivity index (χ0n) is 11.2. The maximum absolute atomic E-state index is 12.7. The van der Waals surface area contributed by atoms with Gasteiger partial charge in [-0.1, -0.05) is 0 Å². The van der Waals surface area contributed by atoms with E-state index < -0.39 is 24.3 Å². The Morgan fingerprint density at radius 3 is 2.05 bits per heavy atom. The summed E-state index contributed by atoms with van der Waals surface area (Å²) in [6.45, 7) is 1.96. The average molecular weight is 315 g/mol. The fraction of sp³-hybridized carbons (Fsp3) is 0.583. The summed E-state index contributed by atoms with van der Waals surface area (Å²) in [5, 5.41) is 5.12.